The van der Waals surface area contributed by atoms with E-state index in [0.717, 1.165) is 24.8 Å². The molecule has 1 aromatic rings. The van der Waals surface area contributed by atoms with Crippen LogP contribution in [0.15, 0.2) is 30.8 Å². The summed E-state index contributed by atoms with van der Waals surface area (Å²) in [5.41, 5.74) is 0.955. The van der Waals surface area contributed by atoms with E-state index in [4.69, 9.17) is 9.47 Å². The lowest BCUT2D eigenvalue weighted by atomic mass is 9.95. The first-order valence-electron chi connectivity index (χ1n) is 6.46. The van der Waals surface area contributed by atoms with Gasteiger partial charge in [-0.05, 0) is 37.0 Å². The lowest BCUT2D eigenvalue weighted by Gasteiger charge is -2.25. The van der Waals surface area contributed by atoms with E-state index in [0.29, 0.717) is 12.2 Å². The van der Waals surface area contributed by atoms with Gasteiger partial charge < -0.3 is 14.6 Å². The molecule has 102 valence electrons. The number of carbonyl (C=O) groups excluding carboxylic acids is 1. The number of benzene rings is 1. The molecule has 1 aromatic carbocycles. The fourth-order valence-electron chi connectivity index (χ4n) is 2.16. The molecule has 2 unspecified atom stereocenters. The van der Waals surface area contributed by atoms with Crippen molar-refractivity contribution in [3.8, 4) is 5.75 Å². The summed E-state index contributed by atoms with van der Waals surface area (Å²) < 4.78 is 10.3. The number of aliphatic hydroxyl groups excluding tert-OH is 1. The number of hydrogen-bond donors (Lipinski definition) is 1. The van der Waals surface area contributed by atoms with Crippen LogP contribution in [0.3, 0.4) is 0 Å². The predicted molar refractivity (Wildman–Crippen MR) is 71.9 cm³/mol. The molecule has 0 heterocycles. The average Bonchev–Trinajstić information content (AvgIpc) is 2.39. The van der Waals surface area contributed by atoms with Gasteiger partial charge in [0.05, 0.1) is 6.10 Å². The standard InChI is InChI=1S/C15H18O4/c1-2-11-6-8-13(9-7-11)18-15(17)19-14-5-3-4-12(16)10-14/h2,6-9,12,14,16H,1,3-5,10H2. The molecule has 4 nitrogen and oxygen atoms in total. The Balaban J connectivity index is 1.84. The zero-order valence-corrected chi connectivity index (χ0v) is 10.7. The Bertz CT molecular complexity index is 438. The van der Waals surface area contributed by atoms with Crippen LogP contribution < -0.4 is 4.74 Å². The van der Waals surface area contributed by atoms with Crippen LogP contribution in [0.1, 0.15) is 31.2 Å². The first-order valence-corrected chi connectivity index (χ1v) is 6.46. The lowest BCUT2D eigenvalue weighted by Crippen LogP contribution is -2.29. The number of ether oxygens (including phenoxy) is 2. The first-order chi connectivity index (χ1) is 9.17. The minimum absolute atomic E-state index is 0.247. The summed E-state index contributed by atoms with van der Waals surface area (Å²) in [6.45, 7) is 3.65. The lowest BCUT2D eigenvalue weighted by molar-refractivity contribution is 0.00456. The molecule has 0 bridgehead atoms. The van der Waals surface area contributed by atoms with E-state index >= 15 is 0 Å². The highest BCUT2D eigenvalue weighted by atomic mass is 16.7. The molecule has 2 atom stereocenters. The molecule has 0 radical (unpaired) electrons. The third-order valence-electron chi connectivity index (χ3n) is 3.18. The maximum Gasteiger partial charge on any atom is 0.514 e. The van der Waals surface area contributed by atoms with Gasteiger partial charge in [-0.15, -0.1) is 0 Å². The maximum absolute atomic E-state index is 11.6. The summed E-state index contributed by atoms with van der Waals surface area (Å²) in [5.74, 6) is 0.437. The van der Waals surface area contributed by atoms with Gasteiger partial charge in [0.2, 0.25) is 0 Å². The van der Waals surface area contributed by atoms with Gasteiger partial charge in [0.25, 0.3) is 0 Å². The van der Waals surface area contributed by atoms with Crippen molar-refractivity contribution in [3.63, 3.8) is 0 Å². The molecule has 1 fully saturated rings. The number of carbonyl (C=O) groups is 1. The normalized spacial score (nSPS) is 22.6. The highest BCUT2D eigenvalue weighted by Crippen LogP contribution is 2.22. The van der Waals surface area contributed by atoms with E-state index in [2.05, 4.69) is 6.58 Å². The fourth-order valence-corrected chi connectivity index (χ4v) is 2.16. The van der Waals surface area contributed by atoms with Crippen molar-refractivity contribution in [2.24, 2.45) is 0 Å². The fraction of sp³-hybridized carbons (Fsp3) is 0.400. The SMILES string of the molecule is C=Cc1ccc(OC(=O)OC2CCCC(O)C2)cc1. The summed E-state index contributed by atoms with van der Waals surface area (Å²) in [6, 6.07) is 6.99. The highest BCUT2D eigenvalue weighted by Gasteiger charge is 2.24. The van der Waals surface area contributed by atoms with Crippen molar-refractivity contribution in [1.29, 1.82) is 0 Å². The van der Waals surface area contributed by atoms with E-state index < -0.39 is 6.16 Å². The van der Waals surface area contributed by atoms with Crippen LogP contribution >= 0.6 is 0 Å². The Morgan fingerprint density at radius 2 is 2.05 bits per heavy atom. The van der Waals surface area contributed by atoms with Crippen LogP contribution in [0.2, 0.25) is 0 Å². The van der Waals surface area contributed by atoms with Gasteiger partial charge in [-0.1, -0.05) is 24.8 Å². The third kappa shape index (κ3) is 4.10. The zero-order chi connectivity index (χ0) is 13.7. The molecule has 1 N–H and O–H groups in total. The molecule has 1 saturated carbocycles. The van der Waals surface area contributed by atoms with Gasteiger partial charge in [-0.25, -0.2) is 4.79 Å². The van der Waals surface area contributed by atoms with Gasteiger partial charge in [0, 0.05) is 6.42 Å². The van der Waals surface area contributed by atoms with Crippen molar-refractivity contribution in [2.75, 3.05) is 0 Å². The summed E-state index contributed by atoms with van der Waals surface area (Å²) in [5, 5.41) is 9.50. The van der Waals surface area contributed by atoms with Gasteiger partial charge in [-0.3, -0.25) is 0 Å². The molecule has 1 aliphatic rings. The Morgan fingerprint density at radius 3 is 2.68 bits per heavy atom. The quantitative estimate of drug-likeness (QED) is 0.671. The molecule has 4 heteroatoms. The molecule has 0 saturated heterocycles. The molecule has 0 aromatic heterocycles. The van der Waals surface area contributed by atoms with Gasteiger partial charge in [-0.2, -0.15) is 0 Å². The third-order valence-corrected chi connectivity index (χ3v) is 3.18. The van der Waals surface area contributed by atoms with Crippen molar-refractivity contribution in [1.82, 2.24) is 0 Å². The number of hydrogen-bond acceptors (Lipinski definition) is 4. The number of rotatable bonds is 3. The molecule has 2 rings (SSSR count). The predicted octanol–water partition coefficient (Wildman–Crippen LogP) is 3.15. The van der Waals surface area contributed by atoms with Crippen LogP contribution in [0.25, 0.3) is 6.08 Å². The molecular formula is C15H18O4. The van der Waals surface area contributed by atoms with E-state index in [9.17, 15) is 9.90 Å². The Hall–Kier alpha value is -1.81. The second kappa shape index (κ2) is 6.38. The van der Waals surface area contributed by atoms with E-state index in [-0.39, 0.29) is 12.2 Å². The van der Waals surface area contributed by atoms with Crippen LogP contribution in [0.5, 0.6) is 5.75 Å². The summed E-state index contributed by atoms with van der Waals surface area (Å²) in [7, 11) is 0. The second-order valence-corrected chi connectivity index (χ2v) is 4.69. The average molecular weight is 262 g/mol. The van der Waals surface area contributed by atoms with Crippen LogP contribution in [-0.2, 0) is 4.74 Å². The Morgan fingerprint density at radius 1 is 1.32 bits per heavy atom. The summed E-state index contributed by atoms with van der Waals surface area (Å²) in [4.78, 5) is 11.6. The van der Waals surface area contributed by atoms with Crippen molar-refractivity contribution in [2.45, 2.75) is 37.9 Å². The minimum Gasteiger partial charge on any atom is -0.431 e. The van der Waals surface area contributed by atoms with E-state index in [1.807, 2.05) is 0 Å². The van der Waals surface area contributed by atoms with Gasteiger partial charge >= 0.3 is 6.16 Å². The van der Waals surface area contributed by atoms with Crippen molar-refractivity contribution in [3.05, 3.63) is 36.4 Å². The molecule has 0 amide bonds. The van der Waals surface area contributed by atoms with E-state index in [1.165, 1.54) is 0 Å². The topological polar surface area (TPSA) is 55.8 Å². The molecular weight excluding hydrogens is 244 g/mol. The van der Waals surface area contributed by atoms with Gasteiger partial charge in [0.15, 0.2) is 0 Å². The van der Waals surface area contributed by atoms with E-state index in [1.54, 1.807) is 30.3 Å². The van der Waals surface area contributed by atoms with Crippen LogP contribution in [0, 0.1) is 0 Å². The molecule has 19 heavy (non-hydrogen) atoms. The molecule has 0 spiro atoms. The van der Waals surface area contributed by atoms with Crippen molar-refractivity contribution >= 4 is 12.2 Å². The Labute approximate surface area is 112 Å². The largest absolute Gasteiger partial charge is 0.514 e. The maximum atomic E-state index is 11.6. The minimum atomic E-state index is -0.717. The summed E-state index contributed by atoms with van der Waals surface area (Å²) >= 11 is 0. The smallest absolute Gasteiger partial charge is 0.431 e. The number of aliphatic hydroxyl groups is 1. The van der Waals surface area contributed by atoms with Crippen LogP contribution in [0.4, 0.5) is 4.79 Å². The molecule has 0 aliphatic heterocycles. The summed E-state index contributed by atoms with van der Waals surface area (Å²) in [6.07, 6.45) is 3.29. The van der Waals surface area contributed by atoms with Crippen LogP contribution in [-0.4, -0.2) is 23.5 Å². The van der Waals surface area contributed by atoms with Gasteiger partial charge in [0.1, 0.15) is 11.9 Å². The molecule has 1 aliphatic carbocycles. The highest BCUT2D eigenvalue weighted by molar-refractivity contribution is 5.64. The zero-order valence-electron chi connectivity index (χ0n) is 10.7. The Kier molecular flexibility index (Phi) is 4.58. The van der Waals surface area contributed by atoms with Crippen molar-refractivity contribution < 1.29 is 19.4 Å². The second-order valence-electron chi connectivity index (χ2n) is 4.69. The first kappa shape index (κ1) is 13.6. The monoisotopic (exact) mass is 262 g/mol.